The summed E-state index contributed by atoms with van der Waals surface area (Å²) in [5.41, 5.74) is 1.37. The van der Waals surface area contributed by atoms with Gasteiger partial charge in [-0.15, -0.1) is 12.4 Å². The molecule has 5 heteroatoms. The predicted molar refractivity (Wildman–Crippen MR) is 100 cm³/mol. The summed E-state index contributed by atoms with van der Waals surface area (Å²) in [6.07, 6.45) is 4.14. The summed E-state index contributed by atoms with van der Waals surface area (Å²) >= 11 is 0. The molecule has 2 aliphatic rings. The van der Waals surface area contributed by atoms with Gasteiger partial charge in [0.15, 0.2) is 0 Å². The van der Waals surface area contributed by atoms with Gasteiger partial charge in [-0.05, 0) is 50.8 Å². The van der Waals surface area contributed by atoms with Crippen LogP contribution in [-0.2, 0) is 11.3 Å². The van der Waals surface area contributed by atoms with E-state index in [0.717, 1.165) is 32.6 Å². The van der Waals surface area contributed by atoms with Crippen LogP contribution in [0, 0.1) is 5.92 Å². The van der Waals surface area contributed by atoms with E-state index in [1.165, 1.54) is 18.4 Å². The second kappa shape index (κ2) is 9.40. The zero-order valence-electron chi connectivity index (χ0n) is 14.5. The lowest BCUT2D eigenvalue weighted by atomic mass is 10.00. The van der Waals surface area contributed by atoms with Crippen LogP contribution in [0.5, 0.6) is 0 Å². The molecule has 2 saturated heterocycles. The Morgan fingerprint density at radius 1 is 1.33 bits per heavy atom. The van der Waals surface area contributed by atoms with E-state index < -0.39 is 0 Å². The second-order valence-corrected chi connectivity index (χ2v) is 7.12. The van der Waals surface area contributed by atoms with E-state index in [-0.39, 0.29) is 24.4 Å². The van der Waals surface area contributed by atoms with Gasteiger partial charge in [0.25, 0.3) is 0 Å². The summed E-state index contributed by atoms with van der Waals surface area (Å²) in [7, 11) is 0. The van der Waals surface area contributed by atoms with Gasteiger partial charge in [0, 0.05) is 31.6 Å². The van der Waals surface area contributed by atoms with E-state index in [4.69, 9.17) is 0 Å². The molecule has 0 radical (unpaired) electrons. The molecule has 0 aromatic heterocycles. The van der Waals surface area contributed by atoms with Gasteiger partial charge >= 0.3 is 0 Å². The van der Waals surface area contributed by atoms with Crippen LogP contribution >= 0.6 is 12.4 Å². The van der Waals surface area contributed by atoms with Crippen molar-refractivity contribution in [3.63, 3.8) is 0 Å². The molecule has 1 aromatic rings. The smallest absolute Gasteiger partial charge is 0.221 e. The topological polar surface area (TPSA) is 44.4 Å². The van der Waals surface area contributed by atoms with Crippen molar-refractivity contribution in [3.8, 4) is 0 Å². The van der Waals surface area contributed by atoms with Gasteiger partial charge < -0.3 is 10.6 Å². The van der Waals surface area contributed by atoms with Crippen molar-refractivity contribution in [2.75, 3.05) is 19.6 Å². The van der Waals surface area contributed by atoms with Gasteiger partial charge in [-0.25, -0.2) is 0 Å². The van der Waals surface area contributed by atoms with Crippen LogP contribution in [0.25, 0.3) is 0 Å². The van der Waals surface area contributed by atoms with Crippen molar-refractivity contribution in [1.29, 1.82) is 0 Å². The number of hydrogen-bond donors (Lipinski definition) is 2. The van der Waals surface area contributed by atoms with E-state index in [1.54, 1.807) is 0 Å². The van der Waals surface area contributed by atoms with E-state index >= 15 is 0 Å². The van der Waals surface area contributed by atoms with Crippen LogP contribution in [0.3, 0.4) is 0 Å². The Labute approximate surface area is 151 Å². The Bertz CT molecular complexity index is 505. The van der Waals surface area contributed by atoms with Crippen molar-refractivity contribution in [1.82, 2.24) is 15.5 Å². The molecule has 2 aliphatic heterocycles. The summed E-state index contributed by atoms with van der Waals surface area (Å²) < 4.78 is 0. The van der Waals surface area contributed by atoms with Crippen LogP contribution in [-0.4, -0.2) is 42.5 Å². The highest BCUT2D eigenvalue weighted by Crippen LogP contribution is 2.22. The first kappa shape index (κ1) is 19.2. The number of hydrogen-bond acceptors (Lipinski definition) is 3. The highest BCUT2D eigenvalue weighted by Gasteiger charge is 2.28. The molecule has 24 heavy (non-hydrogen) atoms. The van der Waals surface area contributed by atoms with Gasteiger partial charge in [0.1, 0.15) is 0 Å². The average Bonchev–Trinajstić information content (AvgIpc) is 3.20. The van der Waals surface area contributed by atoms with Crippen molar-refractivity contribution < 1.29 is 4.79 Å². The number of amides is 1. The molecule has 0 spiro atoms. The quantitative estimate of drug-likeness (QED) is 0.828. The van der Waals surface area contributed by atoms with Crippen molar-refractivity contribution in [3.05, 3.63) is 35.9 Å². The fourth-order valence-electron chi connectivity index (χ4n) is 3.84. The fourth-order valence-corrected chi connectivity index (χ4v) is 3.84. The highest BCUT2D eigenvalue weighted by atomic mass is 35.5. The average molecular weight is 352 g/mol. The summed E-state index contributed by atoms with van der Waals surface area (Å²) in [5.74, 6) is 0.776. The summed E-state index contributed by atoms with van der Waals surface area (Å²) in [6.45, 7) is 6.45. The lowest BCUT2D eigenvalue weighted by molar-refractivity contribution is -0.122. The Morgan fingerprint density at radius 2 is 2.12 bits per heavy atom. The SMILES string of the molecule is CC(NC(=O)CC1CCCN1)C1CCN(Cc2ccccc2)C1.Cl. The zero-order valence-corrected chi connectivity index (χ0v) is 15.4. The van der Waals surface area contributed by atoms with E-state index in [9.17, 15) is 4.79 Å². The molecule has 134 valence electrons. The van der Waals surface area contributed by atoms with Crippen molar-refractivity contribution in [2.45, 2.75) is 51.2 Å². The Kier molecular flexibility index (Phi) is 7.53. The van der Waals surface area contributed by atoms with Crippen LogP contribution in [0.2, 0.25) is 0 Å². The largest absolute Gasteiger partial charge is 0.353 e. The molecule has 3 rings (SSSR count). The highest BCUT2D eigenvalue weighted by molar-refractivity contribution is 5.85. The molecule has 3 unspecified atom stereocenters. The molecule has 0 aliphatic carbocycles. The first-order valence-electron chi connectivity index (χ1n) is 9.00. The lowest BCUT2D eigenvalue weighted by Gasteiger charge is -2.22. The maximum Gasteiger partial charge on any atom is 0.221 e. The lowest BCUT2D eigenvalue weighted by Crippen LogP contribution is -2.41. The van der Waals surface area contributed by atoms with Gasteiger partial charge in [-0.2, -0.15) is 0 Å². The zero-order chi connectivity index (χ0) is 16.1. The first-order valence-corrected chi connectivity index (χ1v) is 9.00. The molecular formula is C19H30ClN3O. The maximum atomic E-state index is 12.2. The number of halogens is 1. The van der Waals surface area contributed by atoms with Gasteiger partial charge in [-0.3, -0.25) is 9.69 Å². The number of carbonyl (C=O) groups is 1. The number of carbonyl (C=O) groups excluding carboxylic acids is 1. The Morgan fingerprint density at radius 3 is 2.83 bits per heavy atom. The molecule has 2 N–H and O–H groups in total. The third-order valence-corrected chi connectivity index (χ3v) is 5.25. The number of benzene rings is 1. The van der Waals surface area contributed by atoms with E-state index in [2.05, 4.69) is 52.8 Å². The van der Waals surface area contributed by atoms with Gasteiger partial charge in [-0.1, -0.05) is 30.3 Å². The molecule has 4 nitrogen and oxygen atoms in total. The van der Waals surface area contributed by atoms with Gasteiger partial charge in [0.05, 0.1) is 0 Å². The molecule has 0 saturated carbocycles. The third kappa shape index (κ3) is 5.47. The molecular weight excluding hydrogens is 322 g/mol. The van der Waals surface area contributed by atoms with E-state index in [1.807, 2.05) is 0 Å². The van der Waals surface area contributed by atoms with Gasteiger partial charge in [0.2, 0.25) is 5.91 Å². The third-order valence-electron chi connectivity index (χ3n) is 5.25. The molecule has 2 fully saturated rings. The minimum atomic E-state index is 0. The van der Waals surface area contributed by atoms with Crippen LogP contribution in [0.15, 0.2) is 30.3 Å². The molecule has 1 aromatic carbocycles. The fraction of sp³-hybridized carbons (Fsp3) is 0.632. The standard InChI is InChI=1S/C19H29N3O.ClH/c1-15(21-19(23)12-18-8-5-10-20-18)17-9-11-22(14-17)13-16-6-3-2-4-7-16;/h2-4,6-7,15,17-18,20H,5,8-14H2,1H3,(H,21,23);1H. The summed E-state index contributed by atoms with van der Waals surface area (Å²) in [5, 5.41) is 6.62. The normalized spacial score (nSPS) is 25.2. The second-order valence-electron chi connectivity index (χ2n) is 7.12. The molecule has 2 heterocycles. The minimum absolute atomic E-state index is 0. The van der Waals surface area contributed by atoms with Crippen LogP contribution in [0.1, 0.15) is 38.2 Å². The Hall–Kier alpha value is -1.10. The molecule has 0 bridgehead atoms. The predicted octanol–water partition coefficient (Wildman–Crippen LogP) is 2.58. The van der Waals surface area contributed by atoms with Crippen LogP contribution < -0.4 is 10.6 Å². The summed E-state index contributed by atoms with van der Waals surface area (Å²) in [4.78, 5) is 14.7. The van der Waals surface area contributed by atoms with Crippen LogP contribution in [0.4, 0.5) is 0 Å². The molecule has 3 atom stereocenters. The maximum absolute atomic E-state index is 12.2. The molecule has 1 amide bonds. The van der Waals surface area contributed by atoms with Crippen molar-refractivity contribution >= 4 is 18.3 Å². The van der Waals surface area contributed by atoms with Crippen molar-refractivity contribution in [2.24, 2.45) is 5.92 Å². The number of nitrogens with zero attached hydrogens (tertiary/aromatic N) is 1. The Balaban J connectivity index is 0.00000208. The monoisotopic (exact) mass is 351 g/mol. The minimum Gasteiger partial charge on any atom is -0.353 e. The number of rotatable bonds is 6. The summed E-state index contributed by atoms with van der Waals surface area (Å²) in [6, 6.07) is 11.3. The van der Waals surface area contributed by atoms with E-state index in [0.29, 0.717) is 18.4 Å². The first-order chi connectivity index (χ1) is 11.2. The number of likely N-dealkylation sites (tertiary alicyclic amines) is 1. The number of nitrogens with one attached hydrogen (secondary N) is 2.